The average Bonchev–Trinajstić information content (AvgIpc) is 2.14. The standard InChI is InChI=1S/C11H18BrNO2/c1-8(14)13-6-4-5-11(2,3)10(13)9(15)7-12/h10H,4-7H2,1-3H3. The number of rotatable bonds is 2. The van der Waals surface area contributed by atoms with Crippen molar-refractivity contribution in [2.75, 3.05) is 11.9 Å². The van der Waals surface area contributed by atoms with Crippen molar-refractivity contribution < 1.29 is 9.59 Å². The van der Waals surface area contributed by atoms with Crippen LogP contribution < -0.4 is 0 Å². The van der Waals surface area contributed by atoms with Gasteiger partial charge >= 0.3 is 0 Å². The molecule has 0 aromatic heterocycles. The van der Waals surface area contributed by atoms with Gasteiger partial charge in [-0.15, -0.1) is 0 Å². The minimum atomic E-state index is -0.261. The molecule has 0 N–H and O–H groups in total. The van der Waals surface area contributed by atoms with E-state index in [9.17, 15) is 9.59 Å². The number of ketones is 1. The largest absolute Gasteiger partial charge is 0.332 e. The van der Waals surface area contributed by atoms with Crippen LogP contribution in [-0.2, 0) is 9.59 Å². The van der Waals surface area contributed by atoms with Crippen LogP contribution in [0, 0.1) is 5.41 Å². The number of carbonyl (C=O) groups is 2. The van der Waals surface area contributed by atoms with Crippen molar-refractivity contribution in [3.63, 3.8) is 0 Å². The predicted octanol–water partition coefficient (Wildman–Crippen LogP) is 1.99. The van der Waals surface area contributed by atoms with E-state index in [-0.39, 0.29) is 23.1 Å². The molecule has 0 aliphatic carbocycles. The molecule has 3 nitrogen and oxygen atoms in total. The molecule has 0 spiro atoms. The number of halogens is 1. The van der Waals surface area contributed by atoms with E-state index >= 15 is 0 Å². The summed E-state index contributed by atoms with van der Waals surface area (Å²) in [6, 6.07) is -0.261. The van der Waals surface area contributed by atoms with E-state index < -0.39 is 0 Å². The molecule has 1 fully saturated rings. The molecule has 1 heterocycles. The maximum Gasteiger partial charge on any atom is 0.220 e. The summed E-state index contributed by atoms with van der Waals surface area (Å²) in [6.45, 7) is 6.37. The van der Waals surface area contributed by atoms with Gasteiger partial charge in [0.05, 0.1) is 11.4 Å². The van der Waals surface area contributed by atoms with Crippen molar-refractivity contribution >= 4 is 27.6 Å². The highest BCUT2D eigenvalue weighted by Crippen LogP contribution is 2.35. The highest BCUT2D eigenvalue weighted by Gasteiger charge is 2.42. The quantitative estimate of drug-likeness (QED) is 0.723. The second-order valence-electron chi connectivity index (χ2n) is 4.81. The number of piperidine rings is 1. The molecule has 0 saturated carbocycles. The molecule has 15 heavy (non-hydrogen) atoms. The van der Waals surface area contributed by atoms with Gasteiger partial charge in [0.2, 0.25) is 5.91 Å². The van der Waals surface area contributed by atoms with Crippen molar-refractivity contribution in [2.24, 2.45) is 5.41 Å². The molecule has 1 aliphatic rings. The van der Waals surface area contributed by atoms with Crippen molar-refractivity contribution in [3.8, 4) is 0 Å². The Kier molecular flexibility index (Phi) is 3.93. The van der Waals surface area contributed by atoms with Crippen LogP contribution in [0.2, 0.25) is 0 Å². The molecular formula is C11H18BrNO2. The molecule has 0 bridgehead atoms. The van der Waals surface area contributed by atoms with Gasteiger partial charge in [-0.3, -0.25) is 9.59 Å². The summed E-state index contributed by atoms with van der Waals surface area (Å²) < 4.78 is 0. The first kappa shape index (κ1) is 12.7. The summed E-state index contributed by atoms with van der Waals surface area (Å²) in [5, 5.41) is 0.324. The molecule has 1 amide bonds. The lowest BCUT2D eigenvalue weighted by molar-refractivity contribution is -0.144. The summed E-state index contributed by atoms with van der Waals surface area (Å²) >= 11 is 3.19. The van der Waals surface area contributed by atoms with Crippen LogP contribution in [-0.4, -0.2) is 34.5 Å². The molecule has 86 valence electrons. The van der Waals surface area contributed by atoms with Crippen LogP contribution in [0.4, 0.5) is 0 Å². The predicted molar refractivity (Wildman–Crippen MR) is 63.0 cm³/mol. The summed E-state index contributed by atoms with van der Waals surface area (Å²) in [5.41, 5.74) is -0.102. The molecule has 1 rings (SSSR count). The minimum Gasteiger partial charge on any atom is -0.332 e. The number of likely N-dealkylation sites (tertiary alicyclic amines) is 1. The zero-order chi connectivity index (χ0) is 11.6. The van der Waals surface area contributed by atoms with E-state index in [4.69, 9.17) is 0 Å². The number of Topliss-reactive ketones (excluding diaryl/α,β-unsaturated/α-hetero) is 1. The Labute approximate surface area is 99.3 Å². The number of hydrogen-bond acceptors (Lipinski definition) is 2. The van der Waals surface area contributed by atoms with Crippen LogP contribution in [0.1, 0.15) is 33.6 Å². The highest BCUT2D eigenvalue weighted by molar-refractivity contribution is 9.09. The first-order valence-corrected chi connectivity index (χ1v) is 6.38. The SMILES string of the molecule is CC(=O)N1CCCC(C)(C)C1C(=O)CBr. The normalized spacial score (nSPS) is 25.1. The monoisotopic (exact) mass is 275 g/mol. The molecule has 1 aliphatic heterocycles. The molecule has 0 aromatic rings. The number of hydrogen-bond donors (Lipinski definition) is 0. The van der Waals surface area contributed by atoms with Crippen molar-refractivity contribution in [1.82, 2.24) is 4.90 Å². The number of amides is 1. The van der Waals surface area contributed by atoms with Crippen molar-refractivity contribution in [1.29, 1.82) is 0 Å². The summed E-state index contributed by atoms with van der Waals surface area (Å²) in [5.74, 6) is 0.108. The van der Waals surface area contributed by atoms with Crippen LogP contribution in [0.5, 0.6) is 0 Å². The van der Waals surface area contributed by atoms with Crippen LogP contribution in [0.25, 0.3) is 0 Å². The number of nitrogens with zero attached hydrogens (tertiary/aromatic N) is 1. The molecule has 0 radical (unpaired) electrons. The van der Waals surface area contributed by atoms with Gasteiger partial charge in [-0.05, 0) is 18.3 Å². The molecule has 0 aromatic carbocycles. The second-order valence-corrected chi connectivity index (χ2v) is 5.37. The van der Waals surface area contributed by atoms with E-state index in [1.165, 1.54) is 6.92 Å². The maximum absolute atomic E-state index is 11.9. The first-order valence-electron chi connectivity index (χ1n) is 5.26. The van der Waals surface area contributed by atoms with Gasteiger partial charge in [0, 0.05) is 13.5 Å². The zero-order valence-corrected chi connectivity index (χ0v) is 11.1. The van der Waals surface area contributed by atoms with Crippen LogP contribution >= 0.6 is 15.9 Å². The van der Waals surface area contributed by atoms with E-state index in [1.807, 2.05) is 0 Å². The van der Waals surface area contributed by atoms with Gasteiger partial charge in [0.15, 0.2) is 5.78 Å². The fourth-order valence-electron chi connectivity index (χ4n) is 2.41. The van der Waals surface area contributed by atoms with Crippen LogP contribution in [0.15, 0.2) is 0 Å². The Morgan fingerprint density at radius 1 is 1.47 bits per heavy atom. The van der Waals surface area contributed by atoms with Crippen LogP contribution in [0.3, 0.4) is 0 Å². The third-order valence-electron chi connectivity index (χ3n) is 3.11. The van der Waals surface area contributed by atoms with Gasteiger partial charge in [-0.25, -0.2) is 0 Å². The Hall–Kier alpha value is -0.380. The Bertz CT molecular complexity index is 276. The lowest BCUT2D eigenvalue weighted by atomic mass is 9.75. The van der Waals surface area contributed by atoms with Gasteiger partial charge in [-0.1, -0.05) is 29.8 Å². The fraction of sp³-hybridized carbons (Fsp3) is 0.818. The summed E-state index contributed by atoms with van der Waals surface area (Å²) in [7, 11) is 0. The fourth-order valence-corrected chi connectivity index (χ4v) is 2.72. The smallest absolute Gasteiger partial charge is 0.220 e. The summed E-state index contributed by atoms with van der Waals surface area (Å²) in [4.78, 5) is 25.0. The third kappa shape index (κ3) is 2.60. The summed E-state index contributed by atoms with van der Waals surface area (Å²) in [6.07, 6.45) is 1.98. The maximum atomic E-state index is 11.9. The van der Waals surface area contributed by atoms with E-state index in [0.717, 1.165) is 12.8 Å². The van der Waals surface area contributed by atoms with Crippen molar-refractivity contribution in [3.05, 3.63) is 0 Å². The lowest BCUT2D eigenvalue weighted by Gasteiger charge is -2.45. The van der Waals surface area contributed by atoms with E-state index in [0.29, 0.717) is 11.9 Å². The Balaban J connectivity index is 2.97. The Morgan fingerprint density at radius 3 is 2.53 bits per heavy atom. The van der Waals surface area contributed by atoms with Gasteiger partial charge in [0.1, 0.15) is 0 Å². The number of carbonyl (C=O) groups excluding carboxylic acids is 2. The molecular weight excluding hydrogens is 258 g/mol. The van der Waals surface area contributed by atoms with Gasteiger partial charge in [-0.2, -0.15) is 0 Å². The molecule has 4 heteroatoms. The molecule has 1 saturated heterocycles. The second kappa shape index (κ2) is 4.64. The minimum absolute atomic E-state index is 0.00192. The molecule has 1 unspecified atom stereocenters. The highest BCUT2D eigenvalue weighted by atomic mass is 79.9. The number of alkyl halides is 1. The van der Waals surface area contributed by atoms with E-state index in [1.54, 1.807) is 4.90 Å². The van der Waals surface area contributed by atoms with Crippen molar-refractivity contribution in [2.45, 2.75) is 39.7 Å². The molecule has 1 atom stereocenters. The van der Waals surface area contributed by atoms with Gasteiger partial charge in [0.25, 0.3) is 0 Å². The lowest BCUT2D eigenvalue weighted by Crippen LogP contribution is -2.56. The zero-order valence-electron chi connectivity index (χ0n) is 9.55. The third-order valence-corrected chi connectivity index (χ3v) is 3.67. The van der Waals surface area contributed by atoms with Gasteiger partial charge < -0.3 is 4.90 Å². The van der Waals surface area contributed by atoms with E-state index in [2.05, 4.69) is 29.8 Å². The topological polar surface area (TPSA) is 37.4 Å². The average molecular weight is 276 g/mol. The first-order chi connectivity index (χ1) is 6.90. The Morgan fingerprint density at radius 2 is 2.07 bits per heavy atom.